The second-order valence-corrected chi connectivity index (χ2v) is 5.63. The molecular weight excluding hydrogens is 318 g/mol. The van der Waals surface area contributed by atoms with Crippen LogP contribution in [0.5, 0.6) is 5.88 Å². The van der Waals surface area contributed by atoms with Crippen molar-refractivity contribution in [3.05, 3.63) is 41.3 Å². The number of fused-ring (bicyclic) bond motifs is 1. The molecule has 0 unspecified atom stereocenters. The zero-order chi connectivity index (χ0) is 16.8. The van der Waals surface area contributed by atoms with E-state index in [1.165, 1.54) is 6.20 Å². The van der Waals surface area contributed by atoms with Crippen molar-refractivity contribution in [2.45, 2.75) is 24.9 Å². The zero-order valence-electron chi connectivity index (χ0n) is 12.4. The van der Waals surface area contributed by atoms with Crippen LogP contribution in [0.2, 0.25) is 0 Å². The first-order chi connectivity index (χ1) is 11.6. The lowest BCUT2D eigenvalue weighted by Crippen LogP contribution is -2.28. The second-order valence-electron chi connectivity index (χ2n) is 5.63. The summed E-state index contributed by atoms with van der Waals surface area (Å²) in [6.07, 6.45) is 4.29. The van der Waals surface area contributed by atoms with Crippen molar-refractivity contribution in [2.24, 2.45) is 0 Å². The molecule has 0 spiro atoms. The third-order valence-electron chi connectivity index (χ3n) is 4.11. The van der Waals surface area contributed by atoms with E-state index in [4.69, 9.17) is 9.84 Å². The average Bonchev–Trinajstić information content (AvgIpc) is 3.21. The van der Waals surface area contributed by atoms with Gasteiger partial charge in [0.2, 0.25) is 0 Å². The monoisotopic (exact) mass is 333 g/mol. The summed E-state index contributed by atoms with van der Waals surface area (Å²) in [5.74, 6) is -0.654. The van der Waals surface area contributed by atoms with Crippen LogP contribution in [0.3, 0.4) is 0 Å². The van der Waals surface area contributed by atoms with Crippen molar-refractivity contribution in [2.75, 3.05) is 6.61 Å². The molecule has 24 heavy (non-hydrogen) atoms. The van der Waals surface area contributed by atoms with Gasteiger partial charge in [0.25, 0.3) is 0 Å². The maximum Gasteiger partial charge on any atom is 0.349 e. The van der Waals surface area contributed by atoms with Crippen LogP contribution < -0.4 is 15.3 Å². The Hall–Kier alpha value is -2.69. The number of aromatic amines is 1. The molecule has 3 aromatic heterocycles. The Kier molecular flexibility index (Phi) is 3.37. The van der Waals surface area contributed by atoms with Gasteiger partial charge in [-0.3, -0.25) is 4.57 Å². The van der Waals surface area contributed by atoms with Crippen LogP contribution >= 0.6 is 0 Å². The lowest BCUT2D eigenvalue weighted by molar-refractivity contribution is -0.617. The highest BCUT2D eigenvalue weighted by molar-refractivity contribution is 5.61. The minimum absolute atomic E-state index is 0.131. The smallest absolute Gasteiger partial charge is 0.349 e. The van der Waals surface area contributed by atoms with Gasteiger partial charge in [0, 0.05) is 24.6 Å². The minimum atomic E-state index is -0.887. The number of H-pyrrole nitrogens is 1. The normalized spacial score (nSPS) is 24.0. The van der Waals surface area contributed by atoms with Crippen LogP contribution in [-0.2, 0) is 4.74 Å². The summed E-state index contributed by atoms with van der Waals surface area (Å²) in [5, 5.41) is 34.1. The fraction of sp³-hybridized carbons (Fsp3) is 0.357. The van der Waals surface area contributed by atoms with E-state index in [0.717, 1.165) is 4.57 Å². The highest BCUT2D eigenvalue weighted by atomic mass is 16.5. The number of nitrogens with zero attached hydrogens (tertiary/aromatic N) is 4. The van der Waals surface area contributed by atoms with Gasteiger partial charge in [-0.2, -0.15) is 5.10 Å². The number of nitrogens with one attached hydrogen (secondary N) is 1. The van der Waals surface area contributed by atoms with Crippen LogP contribution in [0.1, 0.15) is 12.6 Å². The summed E-state index contributed by atoms with van der Waals surface area (Å²) < 4.78 is 10.0. The topological polar surface area (TPSA) is 132 Å². The summed E-state index contributed by atoms with van der Waals surface area (Å²) in [4.78, 5) is 15.6. The Bertz CT molecular complexity index is 916. The molecule has 3 atom stereocenters. The Morgan fingerprint density at radius 1 is 1.54 bits per heavy atom. The van der Waals surface area contributed by atoms with Crippen LogP contribution in [0.4, 0.5) is 0 Å². The Labute approximate surface area is 134 Å². The van der Waals surface area contributed by atoms with Crippen LogP contribution in [0.15, 0.2) is 35.6 Å². The molecule has 1 fully saturated rings. The average molecular weight is 333 g/mol. The van der Waals surface area contributed by atoms with E-state index in [9.17, 15) is 15.0 Å². The van der Waals surface area contributed by atoms with Crippen molar-refractivity contribution in [1.82, 2.24) is 19.3 Å². The number of aliphatic hydroxyl groups is 2. The fourth-order valence-electron chi connectivity index (χ4n) is 2.87. The zero-order valence-corrected chi connectivity index (χ0v) is 12.4. The van der Waals surface area contributed by atoms with Crippen molar-refractivity contribution in [1.29, 1.82) is 0 Å². The number of ether oxygens (including phenoxy) is 1. The quantitative estimate of drug-likeness (QED) is 0.466. The van der Waals surface area contributed by atoms with E-state index in [0.29, 0.717) is 5.69 Å². The van der Waals surface area contributed by atoms with Crippen molar-refractivity contribution < 1.29 is 24.6 Å². The van der Waals surface area contributed by atoms with Gasteiger partial charge in [-0.25, -0.2) is 9.78 Å². The molecule has 0 amide bonds. The molecule has 0 aromatic carbocycles. The Morgan fingerprint density at radius 3 is 3.08 bits per heavy atom. The van der Waals surface area contributed by atoms with E-state index in [-0.39, 0.29) is 18.6 Å². The molecule has 1 saturated heterocycles. The van der Waals surface area contributed by atoms with Gasteiger partial charge in [-0.15, -0.1) is 4.52 Å². The third-order valence-corrected chi connectivity index (χ3v) is 4.11. The number of hydrogen-bond acceptors (Lipinski definition) is 6. The first kappa shape index (κ1) is 14.9. The summed E-state index contributed by atoms with van der Waals surface area (Å²) in [6, 6.07) is 1.82. The SMILES string of the molecule is O=c1nc([O-])c(-c2c[n+]3cccn3[nH]2)cn1[C@H]1C[C@H](O)[C@@H](CO)O1. The molecular formula is C14H15N5O5. The van der Waals surface area contributed by atoms with Gasteiger partial charge in [0.05, 0.1) is 24.5 Å². The van der Waals surface area contributed by atoms with E-state index in [1.54, 1.807) is 27.7 Å². The number of rotatable bonds is 3. The summed E-state index contributed by atoms with van der Waals surface area (Å²) in [6.45, 7) is -0.356. The molecule has 10 nitrogen and oxygen atoms in total. The highest BCUT2D eigenvalue weighted by Crippen LogP contribution is 2.29. The largest absolute Gasteiger partial charge is 0.858 e. The van der Waals surface area contributed by atoms with Crippen molar-refractivity contribution >= 4 is 0 Å². The standard InChI is InChI=1S/C14H15N5O5/c20-7-11-10(21)4-12(24-11)18-5-8(13(22)15-14(18)23)9-6-17-2-1-3-19(17)16-9/h1-3,5-6,10-12,16,20-21H,4,7H2/t10-,11+,12+/m0/s1. The van der Waals surface area contributed by atoms with Crippen molar-refractivity contribution in [3.8, 4) is 17.1 Å². The Morgan fingerprint density at radius 2 is 2.38 bits per heavy atom. The Balaban J connectivity index is 1.76. The van der Waals surface area contributed by atoms with E-state index < -0.39 is 30.0 Å². The third kappa shape index (κ3) is 2.28. The molecule has 3 aromatic rings. The van der Waals surface area contributed by atoms with Gasteiger partial charge in [-0.1, -0.05) is 4.63 Å². The number of aliphatic hydroxyl groups excluding tert-OH is 2. The first-order valence-corrected chi connectivity index (χ1v) is 7.39. The molecule has 1 aliphatic rings. The maximum absolute atomic E-state index is 12.1. The van der Waals surface area contributed by atoms with Crippen LogP contribution in [0.25, 0.3) is 11.3 Å². The second kappa shape index (κ2) is 5.44. The maximum atomic E-state index is 12.1. The lowest BCUT2D eigenvalue weighted by Gasteiger charge is -2.17. The van der Waals surface area contributed by atoms with E-state index >= 15 is 0 Å². The first-order valence-electron chi connectivity index (χ1n) is 7.39. The van der Waals surface area contributed by atoms with E-state index in [1.807, 2.05) is 6.07 Å². The molecule has 1 aliphatic heterocycles. The molecule has 4 heterocycles. The van der Waals surface area contributed by atoms with Crippen molar-refractivity contribution in [3.63, 3.8) is 0 Å². The van der Waals surface area contributed by atoms with Gasteiger partial charge in [0.15, 0.2) is 11.9 Å². The summed E-state index contributed by atoms with van der Waals surface area (Å²) >= 11 is 0. The molecule has 0 saturated carbocycles. The molecule has 126 valence electrons. The molecule has 0 aliphatic carbocycles. The molecule has 10 heteroatoms. The van der Waals surface area contributed by atoms with E-state index in [2.05, 4.69) is 10.1 Å². The number of hydrogen-bond donors (Lipinski definition) is 3. The molecule has 0 radical (unpaired) electrons. The molecule has 0 bridgehead atoms. The summed E-state index contributed by atoms with van der Waals surface area (Å²) in [7, 11) is 0. The minimum Gasteiger partial charge on any atom is -0.858 e. The number of aromatic nitrogens is 5. The van der Waals surface area contributed by atoms with Gasteiger partial charge >= 0.3 is 5.69 Å². The molecule has 4 rings (SSSR count). The predicted octanol–water partition coefficient (Wildman–Crippen LogP) is -2.21. The van der Waals surface area contributed by atoms with Gasteiger partial charge in [0.1, 0.15) is 18.5 Å². The van der Waals surface area contributed by atoms with Gasteiger partial charge in [-0.05, 0) is 0 Å². The summed E-state index contributed by atoms with van der Waals surface area (Å²) in [5.41, 5.74) is -0.0687. The molecule has 3 N–H and O–H groups in total. The highest BCUT2D eigenvalue weighted by Gasteiger charge is 2.35. The predicted molar refractivity (Wildman–Crippen MR) is 76.0 cm³/mol. The van der Waals surface area contributed by atoms with Gasteiger partial charge < -0.3 is 20.1 Å². The lowest BCUT2D eigenvalue weighted by atomic mass is 10.2. The fourth-order valence-corrected chi connectivity index (χ4v) is 2.87. The van der Waals surface area contributed by atoms with Crippen LogP contribution in [0, 0.1) is 0 Å². The van der Waals surface area contributed by atoms with Crippen LogP contribution in [-0.4, -0.2) is 48.3 Å².